The summed E-state index contributed by atoms with van der Waals surface area (Å²) in [5.74, 6) is -0.105. The first-order valence-corrected chi connectivity index (χ1v) is 14.0. The number of benzene rings is 3. The zero-order valence-corrected chi connectivity index (χ0v) is 22.3. The van der Waals surface area contributed by atoms with Crippen LogP contribution in [0.1, 0.15) is 54.9 Å². The summed E-state index contributed by atoms with van der Waals surface area (Å²) in [6, 6.07) is 20.6. The number of methoxy groups -OCH3 is 1. The van der Waals surface area contributed by atoms with Crippen LogP contribution >= 0.6 is 10.8 Å². The van der Waals surface area contributed by atoms with Gasteiger partial charge in [-0.25, -0.2) is 0 Å². The summed E-state index contributed by atoms with van der Waals surface area (Å²) >= 11 is 0. The van der Waals surface area contributed by atoms with Gasteiger partial charge in [0.05, 0.1) is 20.1 Å². The Morgan fingerprint density at radius 1 is 1.05 bits per heavy atom. The third-order valence-electron chi connectivity index (χ3n) is 6.90. The molecule has 1 aliphatic heterocycles. The molecule has 37 heavy (non-hydrogen) atoms. The Morgan fingerprint density at radius 2 is 1.81 bits per heavy atom. The highest BCUT2D eigenvalue weighted by molar-refractivity contribution is 8.22. The maximum atomic E-state index is 11.8. The van der Waals surface area contributed by atoms with Gasteiger partial charge in [-0.3, -0.25) is 13.9 Å². The van der Waals surface area contributed by atoms with Gasteiger partial charge in [0.1, 0.15) is 22.5 Å². The van der Waals surface area contributed by atoms with Gasteiger partial charge in [0.25, 0.3) is 0 Å². The number of aryl methyl sites for hydroxylation is 1. The molecule has 3 aromatic carbocycles. The van der Waals surface area contributed by atoms with Crippen molar-refractivity contribution in [2.75, 3.05) is 13.7 Å². The van der Waals surface area contributed by atoms with Crippen molar-refractivity contribution in [1.29, 1.82) is 0 Å². The zero-order valence-electron chi connectivity index (χ0n) is 21.5. The van der Waals surface area contributed by atoms with Crippen molar-refractivity contribution in [3.8, 4) is 11.5 Å². The minimum absolute atomic E-state index is 0.0733. The van der Waals surface area contributed by atoms with Crippen molar-refractivity contribution in [2.24, 2.45) is 0 Å². The summed E-state index contributed by atoms with van der Waals surface area (Å²) in [5, 5.41) is 9.70. The van der Waals surface area contributed by atoms with E-state index in [9.17, 15) is 19.0 Å². The predicted octanol–water partition coefficient (Wildman–Crippen LogP) is 6.56. The van der Waals surface area contributed by atoms with E-state index in [-0.39, 0.29) is 18.4 Å². The summed E-state index contributed by atoms with van der Waals surface area (Å²) in [4.78, 5) is 12.2. The van der Waals surface area contributed by atoms with Crippen LogP contribution in [0.2, 0.25) is 0 Å². The highest BCUT2D eigenvalue weighted by Crippen LogP contribution is 2.57. The normalized spacial score (nSPS) is 18.7. The number of para-hydroxylation sites is 1. The number of fused-ring (bicyclic) bond motifs is 1. The molecular formula is C29H35NO6S. The SMILES string of the molecule is CCc1ccc(C(CC(=O)O)c2cccc(OC)c2)cc1CN1C[C@@H](CC)Oc2ccccc2S1(O)O. The number of carboxylic acid groups (broad SMARTS) is 1. The molecule has 3 N–H and O–H groups in total. The summed E-state index contributed by atoms with van der Waals surface area (Å²) in [6.07, 6.45) is 1.21. The number of hydrogen-bond donors (Lipinski definition) is 3. The summed E-state index contributed by atoms with van der Waals surface area (Å²) in [6.45, 7) is 4.73. The van der Waals surface area contributed by atoms with Crippen molar-refractivity contribution < 1.29 is 28.5 Å². The van der Waals surface area contributed by atoms with E-state index >= 15 is 0 Å². The molecule has 198 valence electrons. The fraction of sp³-hybridized carbons (Fsp3) is 0.345. The number of aliphatic carboxylic acids is 1. The van der Waals surface area contributed by atoms with Gasteiger partial charge < -0.3 is 14.6 Å². The van der Waals surface area contributed by atoms with Crippen LogP contribution < -0.4 is 9.47 Å². The number of nitrogens with zero attached hydrogens (tertiary/aromatic N) is 1. The first-order chi connectivity index (χ1) is 17.8. The van der Waals surface area contributed by atoms with Gasteiger partial charge in [-0.05, 0) is 59.4 Å². The molecule has 8 heteroatoms. The minimum atomic E-state index is -3.30. The Bertz CT molecular complexity index is 1250. The first kappa shape index (κ1) is 27.0. The Balaban J connectivity index is 1.75. The molecule has 0 spiro atoms. The van der Waals surface area contributed by atoms with Gasteiger partial charge in [0.15, 0.2) is 0 Å². The summed E-state index contributed by atoms with van der Waals surface area (Å²) in [5.41, 5.74) is 3.72. The number of carboxylic acids is 1. The summed E-state index contributed by atoms with van der Waals surface area (Å²) < 4.78 is 36.1. The van der Waals surface area contributed by atoms with Crippen LogP contribution in [0.25, 0.3) is 0 Å². The van der Waals surface area contributed by atoms with Crippen molar-refractivity contribution in [3.05, 3.63) is 89.0 Å². The fourth-order valence-corrected chi connectivity index (χ4v) is 6.45. The standard InChI is InChI=1S/C29H35NO6S/c1-4-20-13-14-22(26(17-29(31)32)21-9-8-10-25(16-21)35-3)15-23(20)18-30-19-24(5-2)36-27-11-6-7-12-28(27)37(30,33)34/h6-16,24,26,33-34H,4-5,17-19H2,1-3H3,(H,31,32)/t24-,26?/m1/s1. The van der Waals surface area contributed by atoms with E-state index in [1.807, 2.05) is 55.5 Å². The van der Waals surface area contributed by atoms with Crippen LogP contribution in [0.4, 0.5) is 0 Å². The Kier molecular flexibility index (Phi) is 8.44. The van der Waals surface area contributed by atoms with E-state index in [2.05, 4.69) is 6.92 Å². The number of hydrogen-bond acceptors (Lipinski definition) is 6. The average Bonchev–Trinajstić information content (AvgIpc) is 3.01. The van der Waals surface area contributed by atoms with Crippen molar-refractivity contribution in [3.63, 3.8) is 0 Å². The molecule has 0 saturated heterocycles. The molecule has 1 aliphatic rings. The van der Waals surface area contributed by atoms with E-state index < -0.39 is 16.7 Å². The van der Waals surface area contributed by atoms with Crippen molar-refractivity contribution in [1.82, 2.24) is 4.31 Å². The molecule has 0 amide bonds. The monoisotopic (exact) mass is 525 g/mol. The van der Waals surface area contributed by atoms with E-state index in [4.69, 9.17) is 9.47 Å². The quantitative estimate of drug-likeness (QED) is 0.291. The Hall–Kier alpha value is -3.04. The van der Waals surface area contributed by atoms with Gasteiger partial charge in [-0.1, -0.05) is 56.3 Å². The number of carbonyl (C=O) groups is 1. The maximum Gasteiger partial charge on any atom is 0.304 e. The van der Waals surface area contributed by atoms with E-state index in [0.717, 1.165) is 35.1 Å². The molecular weight excluding hydrogens is 490 g/mol. The summed E-state index contributed by atoms with van der Waals surface area (Å²) in [7, 11) is -1.71. The second-order valence-corrected chi connectivity index (χ2v) is 11.2. The van der Waals surface area contributed by atoms with E-state index in [0.29, 0.717) is 29.5 Å². The molecule has 4 rings (SSSR count). The van der Waals surface area contributed by atoms with Gasteiger partial charge in [0.2, 0.25) is 0 Å². The first-order valence-electron chi connectivity index (χ1n) is 12.5. The maximum absolute atomic E-state index is 11.8. The average molecular weight is 526 g/mol. The van der Waals surface area contributed by atoms with Crippen LogP contribution in [0.5, 0.6) is 11.5 Å². The molecule has 0 radical (unpaired) electrons. The molecule has 3 aromatic rings. The van der Waals surface area contributed by atoms with E-state index in [1.54, 1.807) is 29.6 Å². The molecule has 2 atom stereocenters. The minimum Gasteiger partial charge on any atom is -0.497 e. The fourth-order valence-electron chi connectivity index (χ4n) is 4.83. The van der Waals surface area contributed by atoms with Crippen LogP contribution in [0.3, 0.4) is 0 Å². The second kappa shape index (κ2) is 11.6. The Morgan fingerprint density at radius 3 is 2.51 bits per heavy atom. The van der Waals surface area contributed by atoms with Crippen LogP contribution in [-0.4, -0.2) is 44.2 Å². The van der Waals surface area contributed by atoms with Crippen LogP contribution in [-0.2, 0) is 17.8 Å². The third kappa shape index (κ3) is 5.93. The topological polar surface area (TPSA) is 99.5 Å². The highest BCUT2D eigenvalue weighted by Gasteiger charge is 2.35. The van der Waals surface area contributed by atoms with Gasteiger partial charge in [0, 0.05) is 12.5 Å². The largest absolute Gasteiger partial charge is 0.497 e. The molecule has 0 aliphatic carbocycles. The lowest BCUT2D eigenvalue weighted by atomic mass is 9.86. The van der Waals surface area contributed by atoms with Crippen molar-refractivity contribution >= 4 is 16.7 Å². The molecule has 0 fully saturated rings. The van der Waals surface area contributed by atoms with E-state index in [1.165, 1.54) is 0 Å². The van der Waals surface area contributed by atoms with Crippen molar-refractivity contribution in [2.45, 2.75) is 56.6 Å². The van der Waals surface area contributed by atoms with Gasteiger partial charge in [-0.2, -0.15) is 4.31 Å². The predicted molar refractivity (Wildman–Crippen MR) is 146 cm³/mol. The van der Waals surface area contributed by atoms with Crippen LogP contribution in [0, 0.1) is 0 Å². The van der Waals surface area contributed by atoms with Crippen LogP contribution in [0.15, 0.2) is 71.6 Å². The lowest BCUT2D eigenvalue weighted by Gasteiger charge is -2.42. The highest BCUT2D eigenvalue weighted by atomic mass is 32.3. The second-order valence-electron chi connectivity index (χ2n) is 9.24. The number of ether oxygens (including phenoxy) is 2. The zero-order chi connectivity index (χ0) is 26.6. The lowest BCUT2D eigenvalue weighted by molar-refractivity contribution is -0.137. The molecule has 0 aromatic heterocycles. The lowest BCUT2D eigenvalue weighted by Crippen LogP contribution is -2.34. The molecule has 0 bridgehead atoms. The van der Waals surface area contributed by atoms with Gasteiger partial charge >= 0.3 is 5.97 Å². The third-order valence-corrected chi connectivity index (χ3v) is 8.82. The molecule has 1 heterocycles. The Labute approximate surface area is 220 Å². The molecule has 7 nitrogen and oxygen atoms in total. The number of rotatable bonds is 9. The smallest absolute Gasteiger partial charge is 0.304 e. The molecule has 0 saturated carbocycles. The van der Waals surface area contributed by atoms with Gasteiger partial charge in [-0.15, -0.1) is 10.8 Å². The molecule has 1 unspecified atom stereocenters.